The summed E-state index contributed by atoms with van der Waals surface area (Å²) in [5.74, 6) is -0.609. The van der Waals surface area contributed by atoms with Crippen molar-refractivity contribution < 1.29 is 28.6 Å². The van der Waals surface area contributed by atoms with Crippen molar-refractivity contribution in [2.75, 3.05) is 5.33 Å². The topological polar surface area (TPSA) is 82.1 Å². The summed E-state index contributed by atoms with van der Waals surface area (Å²) < 4.78 is 16.6. The Morgan fingerprint density at radius 1 is 0.897 bits per heavy atom. The van der Waals surface area contributed by atoms with Gasteiger partial charge in [0, 0.05) is 5.33 Å². The summed E-state index contributed by atoms with van der Waals surface area (Å²) in [5, 5.41) is 0.607. The van der Waals surface area contributed by atoms with E-state index in [0.29, 0.717) is 11.8 Å². The summed E-state index contributed by atoms with van der Waals surface area (Å²) in [6.07, 6.45) is 2.32. The maximum atomic E-state index is 13.2. The first-order valence-electron chi connectivity index (χ1n) is 10.2. The average Bonchev–Trinajstić information content (AvgIpc) is 3.02. The largest absolute Gasteiger partial charge is 0.461 e. The number of nitrogens with zero attached hydrogens (tertiary/aromatic N) is 1. The smallest absolute Gasteiger partial charge is 0.420 e. The van der Waals surface area contributed by atoms with Gasteiger partial charge in [-0.3, -0.25) is 0 Å². The minimum Gasteiger partial charge on any atom is -0.461 e. The van der Waals surface area contributed by atoms with Crippen molar-refractivity contribution in [2.45, 2.75) is 110 Å². The van der Waals surface area contributed by atoms with Gasteiger partial charge in [-0.25, -0.2) is 14.4 Å². The lowest BCUT2D eigenvalue weighted by molar-refractivity contribution is -0.162. The van der Waals surface area contributed by atoms with Crippen LogP contribution < -0.4 is 0 Å². The lowest BCUT2D eigenvalue weighted by atomic mass is 9.94. The molecule has 0 radical (unpaired) electrons. The Hall–Kier alpha value is -1.31. The number of rotatable bonds is 6. The predicted octanol–water partition coefficient (Wildman–Crippen LogP) is 5.58. The van der Waals surface area contributed by atoms with E-state index in [-0.39, 0.29) is 12.5 Å². The first-order valence-corrected chi connectivity index (χ1v) is 11.3. The Kier molecular flexibility index (Phi) is 8.99. The average molecular weight is 478 g/mol. The maximum absolute atomic E-state index is 13.2. The van der Waals surface area contributed by atoms with E-state index in [1.165, 1.54) is 0 Å². The molecule has 1 unspecified atom stereocenters. The van der Waals surface area contributed by atoms with Crippen molar-refractivity contribution in [1.82, 2.24) is 4.90 Å². The molecular formula is C21H36BrNO6. The highest BCUT2D eigenvalue weighted by Crippen LogP contribution is 2.31. The standard InChI is InChI=1S/C21H36BrNO6/c1-19(2,3)28-17(25)23(18(26)29-20(4,5)6)21(7,13-10-14-22)16(24)27-15-11-8-9-12-15/h15H,8-14H2,1-7H3. The molecule has 2 amide bonds. The molecule has 1 fully saturated rings. The molecular weight excluding hydrogens is 442 g/mol. The van der Waals surface area contributed by atoms with E-state index in [0.717, 1.165) is 30.6 Å². The zero-order valence-electron chi connectivity index (χ0n) is 18.8. The van der Waals surface area contributed by atoms with E-state index < -0.39 is 34.9 Å². The second-order valence-electron chi connectivity index (χ2n) is 9.67. The van der Waals surface area contributed by atoms with Gasteiger partial charge < -0.3 is 14.2 Å². The lowest BCUT2D eigenvalue weighted by Gasteiger charge is -2.39. The molecule has 0 aromatic carbocycles. The van der Waals surface area contributed by atoms with Gasteiger partial charge in [0.05, 0.1) is 0 Å². The number of amides is 2. The monoisotopic (exact) mass is 477 g/mol. The Bertz CT molecular complexity index is 561. The van der Waals surface area contributed by atoms with E-state index >= 15 is 0 Å². The minimum atomic E-state index is -1.54. The number of imide groups is 1. The summed E-state index contributed by atoms with van der Waals surface area (Å²) >= 11 is 3.36. The first kappa shape index (κ1) is 25.7. The maximum Gasteiger partial charge on any atom is 0.420 e. The SMILES string of the molecule is CC(C)(C)OC(=O)N(C(=O)OC(C)(C)C)C(C)(CCCBr)C(=O)OC1CCCC1. The van der Waals surface area contributed by atoms with Gasteiger partial charge in [0.2, 0.25) is 0 Å². The zero-order valence-corrected chi connectivity index (χ0v) is 20.4. The number of hydrogen-bond donors (Lipinski definition) is 0. The summed E-state index contributed by atoms with van der Waals surface area (Å²) in [6.45, 7) is 11.7. The second kappa shape index (κ2) is 10.1. The lowest BCUT2D eigenvalue weighted by Crippen LogP contribution is -2.60. The molecule has 168 valence electrons. The first-order chi connectivity index (χ1) is 13.2. The van der Waals surface area contributed by atoms with Crippen molar-refractivity contribution >= 4 is 34.1 Å². The third-order valence-corrected chi connectivity index (χ3v) is 5.02. The van der Waals surface area contributed by atoms with Gasteiger partial charge in [-0.2, -0.15) is 4.90 Å². The molecule has 29 heavy (non-hydrogen) atoms. The van der Waals surface area contributed by atoms with Crippen LogP contribution in [-0.4, -0.2) is 51.2 Å². The Morgan fingerprint density at radius 2 is 1.34 bits per heavy atom. The molecule has 8 heteroatoms. The molecule has 1 aliphatic rings. The summed E-state index contributed by atoms with van der Waals surface area (Å²) in [5.41, 5.74) is -3.23. The molecule has 0 aromatic rings. The van der Waals surface area contributed by atoms with Crippen LogP contribution in [0.1, 0.15) is 87.0 Å². The molecule has 0 aromatic heterocycles. The normalized spacial score (nSPS) is 17.4. The number of alkyl halides is 1. The molecule has 7 nitrogen and oxygen atoms in total. The molecule has 1 aliphatic carbocycles. The minimum absolute atomic E-state index is 0.190. The van der Waals surface area contributed by atoms with Crippen LogP contribution in [0.2, 0.25) is 0 Å². The number of ether oxygens (including phenoxy) is 3. The second-order valence-corrected chi connectivity index (χ2v) is 10.5. The van der Waals surface area contributed by atoms with E-state index in [4.69, 9.17) is 14.2 Å². The van der Waals surface area contributed by atoms with E-state index in [2.05, 4.69) is 15.9 Å². The summed E-state index contributed by atoms with van der Waals surface area (Å²) in [7, 11) is 0. The summed E-state index contributed by atoms with van der Waals surface area (Å²) in [4.78, 5) is 40.1. The van der Waals surface area contributed by atoms with Gasteiger partial charge in [0.1, 0.15) is 17.3 Å². The third-order valence-electron chi connectivity index (χ3n) is 4.46. The van der Waals surface area contributed by atoms with E-state index in [9.17, 15) is 14.4 Å². The molecule has 0 N–H and O–H groups in total. The number of halogens is 1. The highest BCUT2D eigenvalue weighted by atomic mass is 79.9. The van der Waals surface area contributed by atoms with Crippen LogP contribution in [0.5, 0.6) is 0 Å². The molecule has 1 rings (SSSR count). The Morgan fingerprint density at radius 3 is 1.72 bits per heavy atom. The predicted molar refractivity (Wildman–Crippen MR) is 114 cm³/mol. The van der Waals surface area contributed by atoms with E-state index in [1.54, 1.807) is 48.5 Å². The number of carbonyl (C=O) groups is 3. The van der Waals surface area contributed by atoms with Gasteiger partial charge in [-0.05, 0) is 87.0 Å². The van der Waals surface area contributed by atoms with Crippen molar-refractivity contribution in [3.63, 3.8) is 0 Å². The van der Waals surface area contributed by atoms with Crippen LogP contribution in [0.15, 0.2) is 0 Å². The Labute approximate surface area is 182 Å². The molecule has 0 aliphatic heterocycles. The number of esters is 1. The Balaban J connectivity index is 3.29. The molecule has 0 saturated heterocycles. The van der Waals surface area contributed by atoms with Gasteiger partial charge in [0.15, 0.2) is 5.54 Å². The number of hydrogen-bond acceptors (Lipinski definition) is 6. The molecule has 0 heterocycles. The molecule has 0 bridgehead atoms. The van der Waals surface area contributed by atoms with Crippen LogP contribution >= 0.6 is 15.9 Å². The van der Waals surface area contributed by atoms with Crippen LogP contribution in [0.4, 0.5) is 9.59 Å². The van der Waals surface area contributed by atoms with Crippen LogP contribution in [0.3, 0.4) is 0 Å². The molecule has 1 saturated carbocycles. The zero-order chi connectivity index (χ0) is 22.5. The van der Waals surface area contributed by atoms with Crippen molar-refractivity contribution in [3.8, 4) is 0 Å². The highest BCUT2D eigenvalue weighted by Gasteiger charge is 2.50. The fourth-order valence-corrected chi connectivity index (χ4v) is 3.37. The van der Waals surface area contributed by atoms with Crippen molar-refractivity contribution in [2.24, 2.45) is 0 Å². The quantitative estimate of drug-likeness (QED) is 0.282. The van der Waals surface area contributed by atoms with Gasteiger partial charge >= 0.3 is 18.2 Å². The fourth-order valence-electron chi connectivity index (χ4n) is 3.09. The van der Waals surface area contributed by atoms with Gasteiger partial charge in [0.25, 0.3) is 0 Å². The molecule has 1 atom stereocenters. The van der Waals surface area contributed by atoms with Crippen molar-refractivity contribution in [1.29, 1.82) is 0 Å². The molecule has 0 spiro atoms. The van der Waals surface area contributed by atoms with Gasteiger partial charge in [-0.15, -0.1) is 0 Å². The van der Waals surface area contributed by atoms with Crippen LogP contribution in [0.25, 0.3) is 0 Å². The van der Waals surface area contributed by atoms with Crippen LogP contribution in [0, 0.1) is 0 Å². The van der Waals surface area contributed by atoms with Crippen molar-refractivity contribution in [3.05, 3.63) is 0 Å². The highest BCUT2D eigenvalue weighted by molar-refractivity contribution is 9.09. The van der Waals surface area contributed by atoms with E-state index in [1.807, 2.05) is 0 Å². The van der Waals surface area contributed by atoms with Gasteiger partial charge in [-0.1, -0.05) is 15.9 Å². The summed E-state index contributed by atoms with van der Waals surface area (Å²) in [6, 6.07) is 0. The van der Waals surface area contributed by atoms with Crippen LogP contribution in [-0.2, 0) is 19.0 Å². The number of carbonyl (C=O) groups excluding carboxylic acids is 3. The third kappa shape index (κ3) is 8.15. The fraction of sp³-hybridized carbons (Fsp3) is 0.857.